The monoisotopic (exact) mass is 174 g/mol. The van der Waals surface area contributed by atoms with Crippen molar-refractivity contribution >= 4 is 29.8 Å². The number of hydrogen-bond acceptors (Lipinski definition) is 4. The third-order valence-corrected chi connectivity index (χ3v) is 2.63. The van der Waals surface area contributed by atoms with Crippen LogP contribution in [-0.2, 0) is 7.05 Å². The summed E-state index contributed by atoms with van der Waals surface area (Å²) in [5.74, 6) is 0.0741. The number of thiazole rings is 1. The number of nitrogens with one attached hydrogen (secondary N) is 1. The Morgan fingerprint density at radius 2 is 2.40 bits per heavy atom. The molecule has 0 saturated heterocycles. The minimum atomic E-state index is 0.0741. The van der Waals surface area contributed by atoms with Gasteiger partial charge in [-0.1, -0.05) is 11.3 Å². The van der Waals surface area contributed by atoms with E-state index in [4.69, 9.17) is 17.6 Å². The van der Waals surface area contributed by atoms with E-state index in [9.17, 15) is 5.11 Å². The Balaban J connectivity index is 3.45. The summed E-state index contributed by atoms with van der Waals surface area (Å²) in [5.41, 5.74) is 0. The van der Waals surface area contributed by atoms with Crippen LogP contribution < -0.4 is 0 Å². The van der Waals surface area contributed by atoms with Gasteiger partial charge in [0.2, 0.25) is 5.88 Å². The number of aromatic hydroxyl groups is 1. The standard InChI is InChI=1S/C5H6N2OS2/c1-7-4(8)3(2-6)10-5(7)9/h2,6,8H,1H3. The average molecular weight is 174 g/mol. The van der Waals surface area contributed by atoms with Crippen LogP contribution in [-0.4, -0.2) is 15.9 Å². The normalized spacial score (nSPS) is 9.70. The topological polar surface area (TPSA) is 49.0 Å². The maximum Gasteiger partial charge on any atom is 0.211 e. The smallest absolute Gasteiger partial charge is 0.211 e. The Kier molecular flexibility index (Phi) is 1.87. The summed E-state index contributed by atoms with van der Waals surface area (Å²) in [4.78, 5) is 0.507. The van der Waals surface area contributed by atoms with E-state index in [1.54, 1.807) is 7.05 Å². The van der Waals surface area contributed by atoms with Crippen LogP contribution in [0.5, 0.6) is 5.88 Å². The molecule has 5 heteroatoms. The average Bonchev–Trinajstić information content (AvgIpc) is 2.17. The second-order valence-electron chi connectivity index (χ2n) is 1.76. The van der Waals surface area contributed by atoms with E-state index >= 15 is 0 Å². The highest BCUT2D eigenvalue weighted by molar-refractivity contribution is 7.73. The maximum atomic E-state index is 9.17. The first-order valence-corrected chi connectivity index (χ1v) is 3.78. The van der Waals surface area contributed by atoms with Crippen molar-refractivity contribution in [3.05, 3.63) is 8.83 Å². The fourth-order valence-electron chi connectivity index (χ4n) is 0.554. The Hall–Kier alpha value is -0.680. The summed E-state index contributed by atoms with van der Waals surface area (Å²) < 4.78 is 2.05. The molecule has 0 aliphatic rings. The SMILES string of the molecule is Cn1c(O)c(C=N)sc1=S. The molecule has 3 nitrogen and oxygen atoms in total. The van der Waals surface area contributed by atoms with Crippen LogP contribution in [0.3, 0.4) is 0 Å². The summed E-state index contributed by atoms with van der Waals surface area (Å²) in [7, 11) is 1.67. The van der Waals surface area contributed by atoms with E-state index in [1.807, 2.05) is 0 Å². The predicted molar refractivity (Wildman–Crippen MR) is 43.7 cm³/mol. The Morgan fingerprint density at radius 3 is 2.60 bits per heavy atom. The van der Waals surface area contributed by atoms with Crippen molar-refractivity contribution in [3.63, 3.8) is 0 Å². The molecule has 10 heavy (non-hydrogen) atoms. The molecule has 0 spiro atoms. The van der Waals surface area contributed by atoms with Gasteiger partial charge in [-0.05, 0) is 12.2 Å². The van der Waals surface area contributed by atoms with Gasteiger partial charge in [0.1, 0.15) is 4.88 Å². The lowest BCUT2D eigenvalue weighted by Crippen LogP contribution is -1.85. The molecular formula is C5H6N2OS2. The molecule has 54 valence electrons. The van der Waals surface area contributed by atoms with Gasteiger partial charge in [-0.3, -0.25) is 4.57 Å². The number of rotatable bonds is 1. The van der Waals surface area contributed by atoms with Crippen LogP contribution in [0.1, 0.15) is 4.88 Å². The highest BCUT2D eigenvalue weighted by Gasteiger charge is 2.04. The van der Waals surface area contributed by atoms with Gasteiger partial charge in [0.05, 0.1) is 0 Å². The zero-order chi connectivity index (χ0) is 7.72. The van der Waals surface area contributed by atoms with E-state index < -0.39 is 0 Å². The molecule has 0 bridgehead atoms. The Bertz CT molecular complexity index is 312. The van der Waals surface area contributed by atoms with Gasteiger partial charge in [0.15, 0.2) is 3.95 Å². The molecule has 0 fully saturated rings. The molecular weight excluding hydrogens is 168 g/mol. The van der Waals surface area contributed by atoms with Gasteiger partial charge in [0, 0.05) is 13.3 Å². The Labute approximate surface area is 67.1 Å². The molecule has 0 aromatic carbocycles. The minimum Gasteiger partial charge on any atom is -0.493 e. The molecule has 1 rings (SSSR count). The highest BCUT2D eigenvalue weighted by Crippen LogP contribution is 2.21. The first-order valence-electron chi connectivity index (χ1n) is 2.56. The molecule has 0 radical (unpaired) electrons. The van der Waals surface area contributed by atoms with Crippen LogP contribution in [0.4, 0.5) is 0 Å². The van der Waals surface area contributed by atoms with Gasteiger partial charge in [-0.25, -0.2) is 0 Å². The van der Waals surface area contributed by atoms with E-state index in [1.165, 1.54) is 15.9 Å². The summed E-state index contributed by atoms with van der Waals surface area (Å²) >= 11 is 6.07. The third-order valence-electron chi connectivity index (χ3n) is 1.14. The van der Waals surface area contributed by atoms with Crippen molar-refractivity contribution in [2.24, 2.45) is 7.05 Å². The fraction of sp³-hybridized carbons (Fsp3) is 0.200. The molecule has 0 saturated carbocycles. The fourth-order valence-corrected chi connectivity index (χ4v) is 1.61. The van der Waals surface area contributed by atoms with Crippen molar-refractivity contribution in [2.45, 2.75) is 0 Å². The van der Waals surface area contributed by atoms with Crippen molar-refractivity contribution in [1.29, 1.82) is 5.41 Å². The molecule has 0 atom stereocenters. The van der Waals surface area contributed by atoms with Gasteiger partial charge in [0.25, 0.3) is 0 Å². The van der Waals surface area contributed by atoms with E-state index in [-0.39, 0.29) is 5.88 Å². The molecule has 1 aromatic heterocycles. The molecule has 1 heterocycles. The van der Waals surface area contributed by atoms with Crippen LogP contribution >= 0.6 is 23.6 Å². The van der Waals surface area contributed by atoms with E-state index in [2.05, 4.69) is 0 Å². The summed E-state index contributed by atoms with van der Waals surface area (Å²) in [5, 5.41) is 16.0. The number of hydrogen-bond donors (Lipinski definition) is 2. The molecule has 0 amide bonds. The summed E-state index contributed by atoms with van der Waals surface area (Å²) in [6, 6.07) is 0. The maximum absolute atomic E-state index is 9.17. The van der Waals surface area contributed by atoms with Crippen LogP contribution in [0.25, 0.3) is 0 Å². The van der Waals surface area contributed by atoms with E-state index in [0.717, 1.165) is 6.21 Å². The largest absolute Gasteiger partial charge is 0.493 e. The van der Waals surface area contributed by atoms with Crippen molar-refractivity contribution in [1.82, 2.24) is 4.57 Å². The van der Waals surface area contributed by atoms with Gasteiger partial charge >= 0.3 is 0 Å². The molecule has 2 N–H and O–H groups in total. The molecule has 0 aliphatic carbocycles. The predicted octanol–water partition coefficient (Wildman–Crippen LogP) is 1.52. The lowest BCUT2D eigenvalue weighted by molar-refractivity contribution is 0.430. The van der Waals surface area contributed by atoms with Crippen molar-refractivity contribution in [2.75, 3.05) is 0 Å². The number of nitrogens with zero attached hydrogens (tertiary/aromatic N) is 1. The summed E-state index contributed by atoms with van der Waals surface area (Å²) in [6.45, 7) is 0. The zero-order valence-electron chi connectivity index (χ0n) is 5.29. The lowest BCUT2D eigenvalue weighted by Gasteiger charge is -1.90. The van der Waals surface area contributed by atoms with Crippen molar-refractivity contribution < 1.29 is 5.11 Å². The quantitative estimate of drug-likeness (QED) is 0.501. The first kappa shape index (κ1) is 7.43. The Morgan fingerprint density at radius 1 is 1.80 bits per heavy atom. The molecule has 0 unspecified atom stereocenters. The molecule has 0 aliphatic heterocycles. The number of aromatic nitrogens is 1. The zero-order valence-corrected chi connectivity index (χ0v) is 6.92. The summed E-state index contributed by atoms with van der Waals surface area (Å²) in [6.07, 6.45) is 1.09. The molecule has 1 aromatic rings. The van der Waals surface area contributed by atoms with Crippen LogP contribution in [0.2, 0.25) is 0 Å². The minimum absolute atomic E-state index is 0.0741. The second kappa shape index (κ2) is 2.51. The van der Waals surface area contributed by atoms with Gasteiger partial charge < -0.3 is 10.5 Å². The van der Waals surface area contributed by atoms with Gasteiger partial charge in [-0.15, -0.1) is 0 Å². The first-order chi connectivity index (χ1) is 4.66. The highest BCUT2D eigenvalue weighted by atomic mass is 32.1. The van der Waals surface area contributed by atoms with E-state index in [0.29, 0.717) is 8.83 Å². The second-order valence-corrected chi connectivity index (χ2v) is 3.43. The lowest BCUT2D eigenvalue weighted by atomic mass is 10.6. The third kappa shape index (κ3) is 0.975. The van der Waals surface area contributed by atoms with Gasteiger partial charge in [-0.2, -0.15) is 0 Å². The van der Waals surface area contributed by atoms with Crippen LogP contribution in [0.15, 0.2) is 0 Å². The van der Waals surface area contributed by atoms with Crippen molar-refractivity contribution in [3.8, 4) is 5.88 Å². The van der Waals surface area contributed by atoms with Crippen LogP contribution in [0, 0.1) is 9.36 Å².